The fraction of sp³-hybridized carbons (Fsp3) is 0.923. The molecule has 2 saturated heterocycles. The van der Waals surface area contributed by atoms with Gasteiger partial charge in [0, 0.05) is 19.6 Å². The molecular formula is C13H24N2O4S. The Morgan fingerprint density at radius 3 is 2.30 bits per heavy atom. The van der Waals surface area contributed by atoms with E-state index in [-0.39, 0.29) is 0 Å². The van der Waals surface area contributed by atoms with Crippen LogP contribution < -0.4 is 0 Å². The number of aliphatic carboxylic acids is 1. The Bertz CT molecular complexity index is 455. The highest BCUT2D eigenvalue weighted by Crippen LogP contribution is 2.28. The van der Waals surface area contributed by atoms with Crippen LogP contribution in [0.4, 0.5) is 0 Å². The maximum atomic E-state index is 12.7. The van der Waals surface area contributed by atoms with Crippen LogP contribution in [0.5, 0.6) is 0 Å². The van der Waals surface area contributed by atoms with Crippen molar-refractivity contribution in [3.05, 3.63) is 0 Å². The van der Waals surface area contributed by atoms with Crippen LogP contribution in [0, 0.1) is 11.8 Å². The van der Waals surface area contributed by atoms with Gasteiger partial charge in [0.1, 0.15) is 6.04 Å². The Hall–Kier alpha value is -0.660. The van der Waals surface area contributed by atoms with Gasteiger partial charge in [-0.1, -0.05) is 13.8 Å². The van der Waals surface area contributed by atoms with Crippen LogP contribution in [-0.4, -0.2) is 53.8 Å². The molecule has 0 aromatic carbocycles. The van der Waals surface area contributed by atoms with Crippen LogP contribution in [0.2, 0.25) is 0 Å². The number of carbonyl (C=O) groups is 1. The minimum absolute atomic E-state index is 0.318. The molecule has 2 rings (SSSR count). The summed E-state index contributed by atoms with van der Waals surface area (Å²) < 4.78 is 28.1. The van der Waals surface area contributed by atoms with Gasteiger partial charge in [0.25, 0.3) is 10.2 Å². The summed E-state index contributed by atoms with van der Waals surface area (Å²) in [4.78, 5) is 11.3. The van der Waals surface area contributed by atoms with Crippen molar-refractivity contribution in [2.45, 2.75) is 45.6 Å². The predicted molar refractivity (Wildman–Crippen MR) is 75.4 cm³/mol. The molecule has 0 radical (unpaired) electrons. The normalized spacial score (nSPS) is 34.0. The maximum absolute atomic E-state index is 12.7. The van der Waals surface area contributed by atoms with Crippen molar-refractivity contribution in [1.82, 2.24) is 8.61 Å². The highest BCUT2D eigenvalue weighted by atomic mass is 32.2. The first kappa shape index (κ1) is 15.7. The van der Waals surface area contributed by atoms with E-state index in [1.54, 1.807) is 0 Å². The highest BCUT2D eigenvalue weighted by molar-refractivity contribution is 7.86. The molecule has 20 heavy (non-hydrogen) atoms. The molecule has 2 aliphatic rings. The van der Waals surface area contributed by atoms with Gasteiger partial charge < -0.3 is 5.11 Å². The molecule has 6 nitrogen and oxygen atoms in total. The van der Waals surface area contributed by atoms with E-state index in [1.807, 2.05) is 13.8 Å². The summed E-state index contributed by atoms with van der Waals surface area (Å²) in [7, 11) is -3.66. The molecule has 0 aliphatic carbocycles. The van der Waals surface area contributed by atoms with E-state index < -0.39 is 22.2 Å². The van der Waals surface area contributed by atoms with Gasteiger partial charge in [-0.15, -0.1) is 0 Å². The largest absolute Gasteiger partial charge is 0.480 e. The number of carboxylic acids is 1. The van der Waals surface area contributed by atoms with E-state index >= 15 is 0 Å². The van der Waals surface area contributed by atoms with Gasteiger partial charge in [-0.2, -0.15) is 17.0 Å². The monoisotopic (exact) mass is 304 g/mol. The molecule has 3 atom stereocenters. The summed E-state index contributed by atoms with van der Waals surface area (Å²) in [6.07, 6.45) is 2.94. The van der Waals surface area contributed by atoms with Crippen LogP contribution in [-0.2, 0) is 15.0 Å². The molecule has 2 aliphatic heterocycles. The highest BCUT2D eigenvalue weighted by Gasteiger charge is 2.41. The molecule has 116 valence electrons. The predicted octanol–water partition coefficient (Wildman–Crippen LogP) is 1.15. The third-order valence-corrected chi connectivity index (χ3v) is 6.18. The molecule has 1 N–H and O–H groups in total. The molecule has 0 amide bonds. The van der Waals surface area contributed by atoms with Gasteiger partial charge in [-0.25, -0.2) is 0 Å². The van der Waals surface area contributed by atoms with E-state index in [0.717, 1.165) is 19.3 Å². The van der Waals surface area contributed by atoms with Crippen molar-refractivity contribution < 1.29 is 18.3 Å². The first-order valence-electron chi connectivity index (χ1n) is 7.32. The Balaban J connectivity index is 2.21. The Kier molecular flexibility index (Phi) is 4.71. The van der Waals surface area contributed by atoms with Gasteiger partial charge in [0.2, 0.25) is 0 Å². The zero-order valence-electron chi connectivity index (χ0n) is 12.2. The van der Waals surface area contributed by atoms with Crippen molar-refractivity contribution in [1.29, 1.82) is 0 Å². The minimum Gasteiger partial charge on any atom is -0.480 e. The summed E-state index contributed by atoms with van der Waals surface area (Å²) in [5, 5.41) is 9.25. The lowest BCUT2D eigenvalue weighted by Crippen LogP contribution is -2.55. The van der Waals surface area contributed by atoms with Gasteiger partial charge in [0.05, 0.1) is 0 Å². The lowest BCUT2D eigenvalue weighted by atomic mass is 9.94. The third kappa shape index (κ3) is 3.15. The summed E-state index contributed by atoms with van der Waals surface area (Å²) in [5.74, 6) is -0.394. The van der Waals surface area contributed by atoms with E-state index in [0.29, 0.717) is 37.9 Å². The summed E-state index contributed by atoms with van der Waals surface area (Å²) in [6, 6.07) is -0.902. The van der Waals surface area contributed by atoms with Crippen molar-refractivity contribution in [3.8, 4) is 0 Å². The number of carboxylic acid groups (broad SMARTS) is 1. The van der Waals surface area contributed by atoms with Crippen LogP contribution in [0.3, 0.4) is 0 Å². The van der Waals surface area contributed by atoms with E-state index in [9.17, 15) is 18.3 Å². The number of hydrogen-bond acceptors (Lipinski definition) is 3. The molecule has 2 fully saturated rings. The zero-order valence-corrected chi connectivity index (χ0v) is 13.0. The lowest BCUT2D eigenvalue weighted by Gasteiger charge is -2.40. The summed E-state index contributed by atoms with van der Waals surface area (Å²) >= 11 is 0. The third-order valence-electron chi connectivity index (χ3n) is 4.20. The number of rotatable bonds is 3. The zero-order chi connectivity index (χ0) is 14.9. The van der Waals surface area contributed by atoms with Crippen molar-refractivity contribution in [2.24, 2.45) is 11.8 Å². The van der Waals surface area contributed by atoms with E-state index in [1.165, 1.54) is 8.61 Å². The van der Waals surface area contributed by atoms with Crippen LogP contribution in [0.25, 0.3) is 0 Å². The first-order chi connectivity index (χ1) is 9.32. The van der Waals surface area contributed by atoms with Crippen LogP contribution in [0.1, 0.15) is 39.5 Å². The second-order valence-electron chi connectivity index (χ2n) is 6.23. The SMILES string of the molecule is CC1CC(C)CN(S(=O)(=O)N2CCCCC2C(=O)O)C1. The smallest absolute Gasteiger partial charge is 0.322 e. The van der Waals surface area contributed by atoms with E-state index in [2.05, 4.69) is 0 Å². The summed E-state index contributed by atoms with van der Waals surface area (Å²) in [6.45, 7) is 5.40. The second-order valence-corrected chi connectivity index (χ2v) is 8.11. The fourth-order valence-corrected chi connectivity index (χ4v) is 5.43. The van der Waals surface area contributed by atoms with Crippen molar-refractivity contribution in [3.63, 3.8) is 0 Å². The standard InChI is InChI=1S/C13H24N2O4S/c1-10-7-11(2)9-14(8-10)20(18,19)15-6-4-3-5-12(15)13(16)17/h10-12H,3-9H2,1-2H3,(H,16,17). The van der Waals surface area contributed by atoms with E-state index in [4.69, 9.17) is 0 Å². The van der Waals surface area contributed by atoms with Gasteiger partial charge in [-0.05, 0) is 37.5 Å². The fourth-order valence-electron chi connectivity index (χ4n) is 3.37. The molecule has 0 bridgehead atoms. The number of hydrogen-bond donors (Lipinski definition) is 1. The first-order valence-corrected chi connectivity index (χ1v) is 8.71. The van der Waals surface area contributed by atoms with Crippen molar-refractivity contribution in [2.75, 3.05) is 19.6 Å². The quantitative estimate of drug-likeness (QED) is 0.848. The molecule has 0 spiro atoms. The van der Waals surface area contributed by atoms with Gasteiger partial charge in [0.15, 0.2) is 0 Å². The Labute approximate surface area is 120 Å². The maximum Gasteiger partial charge on any atom is 0.322 e. The molecule has 3 unspecified atom stereocenters. The molecule has 0 saturated carbocycles. The van der Waals surface area contributed by atoms with Gasteiger partial charge in [-0.3, -0.25) is 4.79 Å². The minimum atomic E-state index is -3.66. The lowest BCUT2D eigenvalue weighted by molar-refractivity contribution is -0.142. The van der Waals surface area contributed by atoms with Crippen LogP contribution in [0.15, 0.2) is 0 Å². The molecule has 0 aromatic rings. The summed E-state index contributed by atoms with van der Waals surface area (Å²) in [5.41, 5.74) is 0. The number of nitrogens with zero attached hydrogens (tertiary/aromatic N) is 2. The topological polar surface area (TPSA) is 77.9 Å². The molecular weight excluding hydrogens is 280 g/mol. The van der Waals surface area contributed by atoms with Crippen molar-refractivity contribution >= 4 is 16.2 Å². The molecule has 2 heterocycles. The number of piperidine rings is 2. The van der Waals surface area contributed by atoms with Crippen LogP contribution >= 0.6 is 0 Å². The Morgan fingerprint density at radius 1 is 1.15 bits per heavy atom. The Morgan fingerprint density at radius 2 is 1.75 bits per heavy atom. The average Bonchev–Trinajstić information content (AvgIpc) is 2.37. The second kappa shape index (κ2) is 5.99. The molecule has 7 heteroatoms. The molecule has 0 aromatic heterocycles. The van der Waals surface area contributed by atoms with Gasteiger partial charge >= 0.3 is 5.97 Å². The average molecular weight is 304 g/mol.